The zero-order valence-corrected chi connectivity index (χ0v) is 35.6. The average Bonchev–Trinajstić information content (AvgIpc) is 3.56. The molecule has 18 heteroatoms. The highest BCUT2D eigenvalue weighted by molar-refractivity contribution is 7.88. The lowest BCUT2D eigenvalue weighted by Crippen LogP contribution is -2.60. The second-order valence-electron chi connectivity index (χ2n) is 16.7. The fraction of sp³-hybridized carbons (Fsp3) is 0.675. The molecule has 0 bridgehead atoms. The number of nitrogens with one attached hydrogen (secondary N) is 5. The SMILES string of the molecule is CCCC(NC(=O)[C@@H]1C[C@@H](OC(C)(C)C)CN1C(=O)[C@@H](NC(=O)[C@@H](NS(C)(=O)=O)C(C)C)C1CCCCC1)C(=O)C(=O)NCC(=O)NC(CC(N)=O)c1ccccc1. The van der Waals surface area contributed by atoms with E-state index in [1.54, 1.807) is 51.1 Å². The molecule has 1 heterocycles. The van der Waals surface area contributed by atoms with Gasteiger partial charge in [-0.3, -0.25) is 33.6 Å². The number of carbonyl (C=O) groups is 7. The summed E-state index contributed by atoms with van der Waals surface area (Å²) in [5.74, 6) is -6.06. The highest BCUT2D eigenvalue weighted by Crippen LogP contribution is 2.31. The minimum Gasteiger partial charge on any atom is -0.371 e. The molecule has 1 aromatic rings. The Morgan fingerprint density at radius 2 is 1.59 bits per heavy atom. The van der Waals surface area contributed by atoms with Gasteiger partial charge < -0.3 is 36.6 Å². The van der Waals surface area contributed by atoms with Crippen LogP contribution in [0.4, 0.5) is 0 Å². The van der Waals surface area contributed by atoms with Crippen LogP contribution in [-0.2, 0) is 48.3 Å². The van der Waals surface area contributed by atoms with E-state index in [1.165, 1.54) is 4.90 Å². The van der Waals surface area contributed by atoms with Crippen molar-refractivity contribution in [1.29, 1.82) is 0 Å². The number of nitrogens with two attached hydrogens (primary N) is 1. The van der Waals surface area contributed by atoms with Crippen LogP contribution >= 0.6 is 0 Å². The molecule has 1 saturated heterocycles. The summed E-state index contributed by atoms with van der Waals surface area (Å²) in [6.45, 7) is 10.1. The summed E-state index contributed by atoms with van der Waals surface area (Å²) < 4.78 is 32.9. The first kappa shape index (κ1) is 48.0. The fourth-order valence-corrected chi connectivity index (χ4v) is 8.32. The fourth-order valence-electron chi connectivity index (χ4n) is 7.48. The van der Waals surface area contributed by atoms with Gasteiger partial charge in [-0.05, 0) is 57.4 Å². The van der Waals surface area contributed by atoms with Gasteiger partial charge in [0.1, 0.15) is 18.1 Å². The molecular formula is C40H63N7O10S. The number of hydrogen-bond acceptors (Lipinski definition) is 10. The van der Waals surface area contributed by atoms with Gasteiger partial charge in [0.2, 0.25) is 45.3 Å². The summed E-state index contributed by atoms with van der Waals surface area (Å²) in [4.78, 5) is 94.9. The van der Waals surface area contributed by atoms with Gasteiger partial charge in [-0.25, -0.2) is 13.1 Å². The zero-order chi connectivity index (χ0) is 43.4. The number of sulfonamides is 1. The third kappa shape index (κ3) is 15.1. The molecule has 2 aliphatic rings. The Morgan fingerprint density at radius 1 is 0.948 bits per heavy atom. The number of likely N-dealkylation sites (tertiary alicyclic amines) is 1. The molecule has 0 aromatic heterocycles. The van der Waals surface area contributed by atoms with Gasteiger partial charge in [-0.15, -0.1) is 0 Å². The molecule has 58 heavy (non-hydrogen) atoms. The van der Waals surface area contributed by atoms with Gasteiger partial charge in [0.05, 0.1) is 43.0 Å². The van der Waals surface area contributed by atoms with Crippen LogP contribution in [0, 0.1) is 11.8 Å². The number of amides is 6. The molecule has 6 amide bonds. The maximum atomic E-state index is 14.7. The highest BCUT2D eigenvalue weighted by atomic mass is 32.2. The number of hydrogen-bond donors (Lipinski definition) is 6. The Labute approximate surface area is 342 Å². The van der Waals surface area contributed by atoms with Crippen molar-refractivity contribution in [3.63, 3.8) is 0 Å². The molecular weight excluding hydrogens is 771 g/mol. The topological polar surface area (TPSA) is 252 Å². The predicted octanol–water partition coefficient (Wildman–Crippen LogP) is 1.11. The number of nitrogens with zero attached hydrogens (tertiary/aromatic N) is 1. The van der Waals surface area contributed by atoms with Crippen molar-refractivity contribution in [3.8, 4) is 0 Å². The zero-order valence-electron chi connectivity index (χ0n) is 34.8. The van der Waals surface area contributed by atoms with E-state index in [-0.39, 0.29) is 31.7 Å². The van der Waals surface area contributed by atoms with Crippen LogP contribution in [0.3, 0.4) is 0 Å². The lowest BCUT2D eigenvalue weighted by Gasteiger charge is -2.36. The average molecular weight is 834 g/mol. The molecule has 0 radical (unpaired) electrons. The molecule has 7 N–H and O–H groups in total. The van der Waals surface area contributed by atoms with E-state index >= 15 is 0 Å². The lowest BCUT2D eigenvalue weighted by molar-refractivity contribution is -0.145. The van der Waals surface area contributed by atoms with Gasteiger partial charge in [0, 0.05) is 13.0 Å². The summed E-state index contributed by atoms with van der Waals surface area (Å²) >= 11 is 0. The summed E-state index contributed by atoms with van der Waals surface area (Å²) in [6.07, 6.45) is 4.58. The van der Waals surface area contributed by atoms with Crippen molar-refractivity contribution < 1.29 is 46.7 Å². The van der Waals surface area contributed by atoms with Crippen LogP contribution in [0.15, 0.2) is 30.3 Å². The molecule has 3 rings (SSSR count). The van der Waals surface area contributed by atoms with Crippen LogP contribution in [-0.4, -0.2) is 110 Å². The Kier molecular flexibility index (Phi) is 17.8. The Morgan fingerprint density at radius 3 is 2.14 bits per heavy atom. The van der Waals surface area contributed by atoms with Crippen molar-refractivity contribution in [2.75, 3.05) is 19.3 Å². The van der Waals surface area contributed by atoms with E-state index in [0.717, 1.165) is 25.5 Å². The standard InChI is InChI=1S/C40H63N7O10S/c1-8-15-28(35(50)38(53)42-22-32(49)43-29(21-31(41)48)25-16-11-9-12-17-25)44-36(51)30-20-27(57-40(4,5)6)23-47(30)39(54)34(26-18-13-10-14-19-26)45-37(52)33(24(2)3)46-58(7,55)56/h9,11-12,16-17,24,26-30,33-34,46H,8,10,13-15,18-23H2,1-7H3,(H2,41,48)(H,42,53)(H,43,49)(H,44,51)(H,45,52)/t27-,28?,29?,30+,33+,34+/m1/s1. The molecule has 1 saturated carbocycles. The summed E-state index contributed by atoms with van der Waals surface area (Å²) in [5.41, 5.74) is 5.35. The Hall–Kier alpha value is -4.42. The van der Waals surface area contributed by atoms with E-state index in [2.05, 4.69) is 26.0 Å². The first-order chi connectivity index (χ1) is 27.1. The second-order valence-corrected chi connectivity index (χ2v) is 18.5. The van der Waals surface area contributed by atoms with E-state index in [9.17, 15) is 42.0 Å². The molecule has 2 fully saturated rings. The molecule has 1 aromatic carbocycles. The van der Waals surface area contributed by atoms with Crippen LogP contribution in [0.2, 0.25) is 0 Å². The Balaban J connectivity index is 1.82. The largest absolute Gasteiger partial charge is 0.371 e. The van der Waals surface area contributed by atoms with E-state index in [4.69, 9.17) is 10.5 Å². The van der Waals surface area contributed by atoms with Crippen molar-refractivity contribution in [1.82, 2.24) is 30.9 Å². The van der Waals surface area contributed by atoms with Crippen molar-refractivity contribution >= 4 is 51.2 Å². The maximum Gasteiger partial charge on any atom is 0.290 e. The van der Waals surface area contributed by atoms with Crippen molar-refractivity contribution in [2.45, 2.75) is 141 Å². The Bertz CT molecular complexity index is 1730. The number of ether oxygens (including phenoxy) is 1. The highest BCUT2D eigenvalue weighted by Gasteiger charge is 2.46. The minimum absolute atomic E-state index is 0.00416. The molecule has 2 unspecified atom stereocenters. The van der Waals surface area contributed by atoms with E-state index in [1.807, 2.05) is 20.8 Å². The van der Waals surface area contributed by atoms with E-state index < -0.39 is 106 Å². The smallest absolute Gasteiger partial charge is 0.290 e. The first-order valence-corrected chi connectivity index (χ1v) is 22.0. The van der Waals surface area contributed by atoms with Gasteiger partial charge in [-0.1, -0.05) is 76.8 Å². The molecule has 1 aliphatic carbocycles. The first-order valence-electron chi connectivity index (χ1n) is 20.1. The van der Waals surface area contributed by atoms with Crippen molar-refractivity contribution in [2.24, 2.45) is 17.6 Å². The summed E-state index contributed by atoms with van der Waals surface area (Å²) in [7, 11) is -3.78. The van der Waals surface area contributed by atoms with E-state index in [0.29, 0.717) is 24.8 Å². The number of benzene rings is 1. The predicted molar refractivity (Wildman–Crippen MR) is 216 cm³/mol. The van der Waals surface area contributed by atoms with Gasteiger partial charge in [0.15, 0.2) is 0 Å². The van der Waals surface area contributed by atoms with Gasteiger partial charge in [-0.2, -0.15) is 0 Å². The summed E-state index contributed by atoms with van der Waals surface area (Å²) in [5, 5.41) is 10.5. The molecule has 0 spiro atoms. The summed E-state index contributed by atoms with van der Waals surface area (Å²) in [6, 6.07) is 3.22. The number of Topliss-reactive ketones (excluding diaryl/α,β-unsaturated/α-hetero) is 1. The number of rotatable bonds is 20. The minimum atomic E-state index is -3.78. The number of ketones is 1. The third-order valence-electron chi connectivity index (χ3n) is 10.1. The maximum absolute atomic E-state index is 14.7. The van der Waals surface area contributed by atoms with Gasteiger partial charge in [0.25, 0.3) is 5.91 Å². The van der Waals surface area contributed by atoms with Crippen molar-refractivity contribution in [3.05, 3.63) is 35.9 Å². The number of carbonyl (C=O) groups excluding carboxylic acids is 7. The lowest BCUT2D eigenvalue weighted by atomic mass is 9.83. The molecule has 324 valence electrons. The second kappa shape index (κ2) is 21.5. The van der Waals surface area contributed by atoms with Gasteiger partial charge >= 0.3 is 0 Å². The van der Waals surface area contributed by atoms with Crippen LogP contribution in [0.25, 0.3) is 0 Å². The molecule has 17 nitrogen and oxygen atoms in total. The number of primary amides is 1. The quantitative estimate of drug-likeness (QED) is 0.102. The van der Waals surface area contributed by atoms with Crippen LogP contribution < -0.4 is 31.7 Å². The van der Waals surface area contributed by atoms with Crippen LogP contribution in [0.5, 0.6) is 0 Å². The molecule has 6 atom stereocenters. The third-order valence-corrected chi connectivity index (χ3v) is 10.8. The van der Waals surface area contributed by atoms with Crippen LogP contribution in [0.1, 0.15) is 111 Å². The molecule has 1 aliphatic heterocycles. The normalized spacial score (nSPS) is 19.7. The monoisotopic (exact) mass is 833 g/mol.